The molecule has 0 radical (unpaired) electrons. The van der Waals surface area contributed by atoms with E-state index in [9.17, 15) is 4.79 Å². The third-order valence-electron chi connectivity index (χ3n) is 4.11. The number of hydrogen-bond donors (Lipinski definition) is 0. The fourth-order valence-electron chi connectivity index (χ4n) is 2.58. The molecule has 0 N–H and O–H groups in total. The highest BCUT2D eigenvalue weighted by molar-refractivity contribution is 8.13. The molecule has 6 heteroatoms. The van der Waals surface area contributed by atoms with Crippen LogP contribution in [0.2, 0.25) is 5.02 Å². The summed E-state index contributed by atoms with van der Waals surface area (Å²) in [6.07, 6.45) is 0.939. The number of benzene rings is 2. The van der Waals surface area contributed by atoms with Crippen molar-refractivity contribution in [3.8, 4) is 5.75 Å². The highest BCUT2D eigenvalue weighted by atomic mass is 35.5. The first-order chi connectivity index (χ1) is 12.5. The van der Waals surface area contributed by atoms with Crippen molar-refractivity contribution in [1.82, 2.24) is 4.90 Å². The summed E-state index contributed by atoms with van der Waals surface area (Å²) in [4.78, 5) is 19.0. The normalized spacial score (nSPS) is 16.0. The van der Waals surface area contributed by atoms with Gasteiger partial charge in [-0.15, -0.1) is 0 Å². The average Bonchev–Trinajstić information content (AvgIpc) is 2.64. The van der Waals surface area contributed by atoms with E-state index in [2.05, 4.69) is 4.99 Å². The number of carbonyl (C=O) groups is 1. The van der Waals surface area contributed by atoms with E-state index in [1.807, 2.05) is 56.3 Å². The monoisotopic (exact) mass is 388 g/mol. The van der Waals surface area contributed by atoms with Gasteiger partial charge in [-0.3, -0.25) is 9.69 Å². The predicted molar refractivity (Wildman–Crippen MR) is 109 cm³/mol. The number of rotatable bonds is 4. The summed E-state index contributed by atoms with van der Waals surface area (Å²) in [5.74, 6) is 1.59. The molecule has 4 nitrogen and oxygen atoms in total. The second-order valence-electron chi connectivity index (χ2n) is 6.13. The van der Waals surface area contributed by atoms with Crippen molar-refractivity contribution in [2.75, 3.05) is 18.9 Å². The summed E-state index contributed by atoms with van der Waals surface area (Å²) in [7, 11) is 0. The van der Waals surface area contributed by atoms with Crippen molar-refractivity contribution < 1.29 is 9.53 Å². The maximum Gasteiger partial charge on any atom is 0.266 e. The van der Waals surface area contributed by atoms with Gasteiger partial charge in [0.25, 0.3) is 5.91 Å². The molecule has 1 fully saturated rings. The van der Waals surface area contributed by atoms with E-state index in [1.54, 1.807) is 16.7 Å². The SMILES string of the molecule is Cc1ccc(N=C2SCCCN2C(=O)COc2ccccc2C)cc1Cl. The molecule has 1 amide bonds. The Labute approximate surface area is 163 Å². The van der Waals surface area contributed by atoms with Crippen LogP contribution in [-0.2, 0) is 4.79 Å². The van der Waals surface area contributed by atoms with E-state index in [-0.39, 0.29) is 12.5 Å². The van der Waals surface area contributed by atoms with E-state index in [0.29, 0.717) is 16.7 Å². The molecule has 2 aromatic rings. The molecule has 0 unspecified atom stereocenters. The first-order valence-corrected chi connectivity index (χ1v) is 9.87. The number of aryl methyl sites for hydroxylation is 2. The van der Waals surface area contributed by atoms with Crippen LogP contribution in [0.15, 0.2) is 47.5 Å². The predicted octanol–water partition coefficient (Wildman–Crippen LogP) is 4.99. The van der Waals surface area contributed by atoms with Gasteiger partial charge in [-0.2, -0.15) is 0 Å². The minimum Gasteiger partial charge on any atom is -0.483 e. The molecule has 1 aliphatic heterocycles. The molecular weight excluding hydrogens is 368 g/mol. The van der Waals surface area contributed by atoms with Crippen LogP contribution < -0.4 is 4.74 Å². The standard InChI is InChI=1S/C20H21ClN2O2S/c1-14-8-9-16(12-17(14)21)22-20-23(10-5-11-26-20)19(24)13-25-18-7-4-3-6-15(18)2/h3-4,6-9,12H,5,10-11,13H2,1-2H3. The van der Waals surface area contributed by atoms with E-state index >= 15 is 0 Å². The van der Waals surface area contributed by atoms with Gasteiger partial charge >= 0.3 is 0 Å². The van der Waals surface area contributed by atoms with Crippen molar-refractivity contribution in [2.45, 2.75) is 20.3 Å². The first-order valence-electron chi connectivity index (χ1n) is 8.51. The molecule has 26 heavy (non-hydrogen) atoms. The fraction of sp³-hybridized carbons (Fsp3) is 0.300. The summed E-state index contributed by atoms with van der Waals surface area (Å²) < 4.78 is 5.71. The quantitative estimate of drug-likeness (QED) is 0.741. The van der Waals surface area contributed by atoms with E-state index in [4.69, 9.17) is 16.3 Å². The maximum atomic E-state index is 12.7. The van der Waals surface area contributed by atoms with Gasteiger partial charge in [0.05, 0.1) is 5.69 Å². The maximum absolute atomic E-state index is 12.7. The Kier molecular flexibility index (Phi) is 6.22. The Hall–Kier alpha value is -1.98. The van der Waals surface area contributed by atoms with Crippen LogP contribution in [-0.4, -0.2) is 34.9 Å². The summed E-state index contributed by atoms with van der Waals surface area (Å²) in [6, 6.07) is 13.4. The van der Waals surface area contributed by atoms with E-state index in [0.717, 1.165) is 34.7 Å². The Bertz CT molecular complexity index is 838. The number of nitrogens with zero attached hydrogens (tertiary/aromatic N) is 2. The molecule has 1 heterocycles. The van der Waals surface area contributed by atoms with Crippen molar-refractivity contribution >= 4 is 40.1 Å². The average molecular weight is 389 g/mol. The number of ether oxygens (including phenoxy) is 1. The van der Waals surface area contributed by atoms with Gasteiger partial charge in [0.2, 0.25) is 0 Å². The molecule has 1 aliphatic rings. The summed E-state index contributed by atoms with van der Waals surface area (Å²) >= 11 is 7.77. The minimum atomic E-state index is -0.0857. The lowest BCUT2D eigenvalue weighted by Gasteiger charge is -2.27. The van der Waals surface area contributed by atoms with Crippen LogP contribution in [0.5, 0.6) is 5.75 Å². The summed E-state index contributed by atoms with van der Waals surface area (Å²) in [5, 5.41) is 1.38. The molecular formula is C20H21ClN2O2S. The molecule has 0 saturated carbocycles. The van der Waals surface area contributed by atoms with Crippen LogP contribution in [0.4, 0.5) is 5.69 Å². The number of hydrogen-bond acceptors (Lipinski definition) is 4. The largest absolute Gasteiger partial charge is 0.483 e. The fourth-order valence-corrected chi connectivity index (χ4v) is 3.73. The molecule has 0 bridgehead atoms. The van der Waals surface area contributed by atoms with Crippen LogP contribution in [0.25, 0.3) is 0 Å². The zero-order valence-electron chi connectivity index (χ0n) is 14.9. The smallest absolute Gasteiger partial charge is 0.266 e. The van der Waals surface area contributed by atoms with Crippen LogP contribution in [0.1, 0.15) is 17.5 Å². The Morgan fingerprint density at radius 2 is 2.04 bits per heavy atom. The molecule has 0 spiro atoms. The minimum absolute atomic E-state index is 0.000905. The zero-order valence-corrected chi connectivity index (χ0v) is 16.4. The van der Waals surface area contributed by atoms with Gasteiger partial charge in [0.1, 0.15) is 5.75 Å². The third kappa shape index (κ3) is 4.59. The van der Waals surface area contributed by atoms with Gasteiger partial charge in [-0.25, -0.2) is 4.99 Å². The number of para-hydroxylation sites is 1. The lowest BCUT2D eigenvalue weighted by atomic mass is 10.2. The number of halogens is 1. The molecule has 0 aliphatic carbocycles. The zero-order chi connectivity index (χ0) is 18.5. The van der Waals surface area contributed by atoms with Gasteiger partial charge < -0.3 is 4.74 Å². The number of aliphatic imine (C=N–C) groups is 1. The van der Waals surface area contributed by atoms with Crippen LogP contribution >= 0.6 is 23.4 Å². The molecule has 0 aromatic heterocycles. The van der Waals surface area contributed by atoms with Crippen LogP contribution in [0.3, 0.4) is 0 Å². The second kappa shape index (κ2) is 8.60. The molecule has 3 rings (SSSR count). The Balaban J connectivity index is 1.73. The summed E-state index contributed by atoms with van der Waals surface area (Å²) in [5.41, 5.74) is 2.77. The Morgan fingerprint density at radius 3 is 2.81 bits per heavy atom. The topological polar surface area (TPSA) is 41.9 Å². The highest BCUT2D eigenvalue weighted by Crippen LogP contribution is 2.26. The number of amides is 1. The first kappa shape index (κ1) is 18.8. The van der Waals surface area contributed by atoms with Gasteiger partial charge in [-0.1, -0.05) is 47.6 Å². The third-order valence-corrected chi connectivity index (χ3v) is 5.58. The van der Waals surface area contributed by atoms with Crippen molar-refractivity contribution in [3.05, 3.63) is 58.6 Å². The second-order valence-corrected chi connectivity index (χ2v) is 7.60. The molecule has 136 valence electrons. The molecule has 0 atom stereocenters. The number of thioether (sulfide) groups is 1. The van der Waals surface area contributed by atoms with Crippen molar-refractivity contribution in [2.24, 2.45) is 4.99 Å². The van der Waals surface area contributed by atoms with E-state index < -0.39 is 0 Å². The van der Waals surface area contributed by atoms with Gasteiger partial charge in [0, 0.05) is 17.3 Å². The van der Waals surface area contributed by atoms with Crippen molar-refractivity contribution in [3.63, 3.8) is 0 Å². The lowest BCUT2D eigenvalue weighted by Crippen LogP contribution is -2.41. The van der Waals surface area contributed by atoms with Crippen molar-refractivity contribution in [1.29, 1.82) is 0 Å². The highest BCUT2D eigenvalue weighted by Gasteiger charge is 2.24. The number of carbonyl (C=O) groups excluding carboxylic acids is 1. The van der Waals surface area contributed by atoms with Gasteiger partial charge in [-0.05, 0) is 49.6 Å². The van der Waals surface area contributed by atoms with Gasteiger partial charge in [0.15, 0.2) is 11.8 Å². The Morgan fingerprint density at radius 1 is 1.23 bits per heavy atom. The number of amidine groups is 1. The molecule has 1 saturated heterocycles. The molecule has 2 aromatic carbocycles. The summed E-state index contributed by atoms with van der Waals surface area (Å²) in [6.45, 7) is 4.57. The van der Waals surface area contributed by atoms with E-state index in [1.165, 1.54) is 0 Å². The van der Waals surface area contributed by atoms with Crippen LogP contribution in [0, 0.1) is 13.8 Å². The lowest BCUT2D eigenvalue weighted by molar-refractivity contribution is -0.129.